The summed E-state index contributed by atoms with van der Waals surface area (Å²) in [6, 6.07) is 11.6. The number of hydrogen-bond acceptors (Lipinski definition) is 6. The molecule has 0 N–H and O–H groups in total. The summed E-state index contributed by atoms with van der Waals surface area (Å²) in [5.74, 6) is 2.79. The smallest absolute Gasteiger partial charge is 0.164 e. The average molecular weight is 357 g/mol. The number of benzene rings is 2. The molecular weight excluding hydrogens is 338 g/mol. The second-order valence-electron chi connectivity index (χ2n) is 5.20. The number of nitrogens with zero attached hydrogens (tertiary/aromatic N) is 1. The van der Waals surface area contributed by atoms with E-state index in [2.05, 4.69) is 4.37 Å². The van der Waals surface area contributed by atoms with Gasteiger partial charge >= 0.3 is 0 Å². The Labute approximate surface area is 150 Å². The molecular formula is C19H19NO4S. The standard InChI is InChI=1S/C19H19NO4S/c1-21-13-7-5-12(6-8-13)15-11-20-25-19(15)14-9-17(23-3)18(24-4)10-16(14)22-2/h5-11H,1-4H3. The molecule has 0 aliphatic rings. The molecule has 0 radical (unpaired) electrons. The van der Waals surface area contributed by atoms with Gasteiger partial charge in [0.15, 0.2) is 11.5 Å². The van der Waals surface area contributed by atoms with Gasteiger partial charge in [0.1, 0.15) is 11.5 Å². The number of ether oxygens (including phenoxy) is 4. The molecule has 0 atom stereocenters. The van der Waals surface area contributed by atoms with Crippen LogP contribution in [0, 0.1) is 0 Å². The maximum atomic E-state index is 5.56. The van der Waals surface area contributed by atoms with E-state index in [0.29, 0.717) is 17.2 Å². The molecule has 0 aliphatic heterocycles. The lowest BCUT2D eigenvalue weighted by atomic mass is 10.0. The summed E-state index contributed by atoms with van der Waals surface area (Å²) in [6.07, 6.45) is 1.86. The predicted molar refractivity (Wildman–Crippen MR) is 99.2 cm³/mol. The first-order valence-electron chi connectivity index (χ1n) is 7.61. The second-order valence-corrected chi connectivity index (χ2v) is 6.01. The fourth-order valence-corrected chi connectivity index (χ4v) is 3.41. The fraction of sp³-hybridized carbons (Fsp3) is 0.211. The molecule has 0 amide bonds. The molecule has 0 unspecified atom stereocenters. The van der Waals surface area contributed by atoms with Crippen LogP contribution in [0.2, 0.25) is 0 Å². The van der Waals surface area contributed by atoms with Crippen molar-refractivity contribution in [3.63, 3.8) is 0 Å². The zero-order valence-corrected chi connectivity index (χ0v) is 15.3. The third-order valence-corrected chi connectivity index (χ3v) is 4.75. The molecule has 130 valence electrons. The van der Waals surface area contributed by atoms with Crippen molar-refractivity contribution in [2.45, 2.75) is 0 Å². The number of hydrogen-bond donors (Lipinski definition) is 0. The van der Waals surface area contributed by atoms with Gasteiger partial charge in [0.25, 0.3) is 0 Å². The highest BCUT2D eigenvalue weighted by Gasteiger charge is 2.18. The van der Waals surface area contributed by atoms with Crippen molar-refractivity contribution in [1.82, 2.24) is 4.37 Å². The molecule has 0 saturated heterocycles. The van der Waals surface area contributed by atoms with Crippen LogP contribution in [-0.2, 0) is 0 Å². The monoisotopic (exact) mass is 357 g/mol. The number of methoxy groups -OCH3 is 4. The summed E-state index contributed by atoms with van der Waals surface area (Å²) >= 11 is 1.41. The Bertz CT molecular complexity index is 858. The molecule has 0 bridgehead atoms. The van der Waals surface area contributed by atoms with Crippen molar-refractivity contribution in [2.75, 3.05) is 28.4 Å². The quantitative estimate of drug-likeness (QED) is 0.649. The number of rotatable bonds is 6. The molecule has 5 nitrogen and oxygen atoms in total. The zero-order valence-electron chi connectivity index (χ0n) is 14.5. The van der Waals surface area contributed by atoms with E-state index < -0.39 is 0 Å². The van der Waals surface area contributed by atoms with Crippen LogP contribution in [0.25, 0.3) is 21.6 Å². The first-order valence-corrected chi connectivity index (χ1v) is 8.38. The van der Waals surface area contributed by atoms with Crippen molar-refractivity contribution in [3.05, 3.63) is 42.6 Å². The predicted octanol–water partition coefficient (Wildman–Crippen LogP) is 4.51. The van der Waals surface area contributed by atoms with Gasteiger partial charge in [-0.15, -0.1) is 0 Å². The Kier molecular flexibility index (Phi) is 5.09. The largest absolute Gasteiger partial charge is 0.497 e. The van der Waals surface area contributed by atoms with E-state index in [9.17, 15) is 0 Å². The highest BCUT2D eigenvalue weighted by Crippen LogP contribution is 2.45. The van der Waals surface area contributed by atoms with Crippen LogP contribution in [0.15, 0.2) is 42.6 Å². The summed E-state index contributed by atoms with van der Waals surface area (Å²) in [5.41, 5.74) is 2.99. The Morgan fingerprint density at radius 3 is 1.96 bits per heavy atom. The lowest BCUT2D eigenvalue weighted by Crippen LogP contribution is -1.94. The van der Waals surface area contributed by atoms with Crippen molar-refractivity contribution >= 4 is 11.5 Å². The first-order chi connectivity index (χ1) is 12.2. The second kappa shape index (κ2) is 7.44. The van der Waals surface area contributed by atoms with Crippen LogP contribution in [0.4, 0.5) is 0 Å². The van der Waals surface area contributed by atoms with Crippen LogP contribution < -0.4 is 18.9 Å². The van der Waals surface area contributed by atoms with E-state index in [4.69, 9.17) is 18.9 Å². The Morgan fingerprint density at radius 2 is 1.36 bits per heavy atom. The Balaban J connectivity index is 2.13. The minimum Gasteiger partial charge on any atom is -0.497 e. The van der Waals surface area contributed by atoms with Gasteiger partial charge in [0.05, 0.1) is 33.3 Å². The third kappa shape index (κ3) is 3.25. The normalized spacial score (nSPS) is 10.4. The van der Waals surface area contributed by atoms with Crippen LogP contribution in [0.3, 0.4) is 0 Å². The molecule has 1 aromatic heterocycles. The maximum absolute atomic E-state index is 5.56. The zero-order chi connectivity index (χ0) is 17.8. The third-order valence-electron chi connectivity index (χ3n) is 3.92. The van der Waals surface area contributed by atoms with E-state index in [1.54, 1.807) is 28.4 Å². The van der Waals surface area contributed by atoms with E-state index in [1.807, 2.05) is 42.6 Å². The van der Waals surface area contributed by atoms with Crippen molar-refractivity contribution < 1.29 is 18.9 Å². The molecule has 3 aromatic rings. The minimum absolute atomic E-state index is 0.624. The minimum atomic E-state index is 0.624. The van der Waals surface area contributed by atoms with Gasteiger partial charge in [0, 0.05) is 23.4 Å². The molecule has 0 spiro atoms. The van der Waals surface area contributed by atoms with Gasteiger partial charge in [0.2, 0.25) is 0 Å². The molecule has 1 heterocycles. The van der Waals surface area contributed by atoms with Gasteiger partial charge in [-0.25, -0.2) is 0 Å². The van der Waals surface area contributed by atoms with Gasteiger partial charge in [-0.3, -0.25) is 0 Å². The first kappa shape index (κ1) is 17.1. The summed E-state index contributed by atoms with van der Waals surface area (Å²) in [4.78, 5) is 1.00. The Hall–Kier alpha value is -2.73. The van der Waals surface area contributed by atoms with Gasteiger partial charge < -0.3 is 18.9 Å². The van der Waals surface area contributed by atoms with Gasteiger partial charge in [-0.1, -0.05) is 12.1 Å². The highest BCUT2D eigenvalue weighted by molar-refractivity contribution is 7.10. The van der Waals surface area contributed by atoms with Crippen LogP contribution in [0.1, 0.15) is 0 Å². The van der Waals surface area contributed by atoms with Crippen molar-refractivity contribution in [3.8, 4) is 44.6 Å². The number of aromatic nitrogens is 1. The average Bonchev–Trinajstić information content (AvgIpc) is 3.16. The van der Waals surface area contributed by atoms with Crippen LogP contribution >= 0.6 is 11.5 Å². The summed E-state index contributed by atoms with van der Waals surface area (Å²) in [6.45, 7) is 0. The fourth-order valence-electron chi connectivity index (χ4n) is 2.62. The van der Waals surface area contributed by atoms with E-state index >= 15 is 0 Å². The van der Waals surface area contributed by atoms with Crippen LogP contribution in [0.5, 0.6) is 23.0 Å². The van der Waals surface area contributed by atoms with E-state index in [1.165, 1.54) is 11.5 Å². The molecule has 3 rings (SSSR count). The molecule has 0 aliphatic carbocycles. The topological polar surface area (TPSA) is 49.8 Å². The molecule has 2 aromatic carbocycles. The SMILES string of the molecule is COc1ccc(-c2cnsc2-c2cc(OC)c(OC)cc2OC)cc1. The van der Waals surface area contributed by atoms with Crippen molar-refractivity contribution in [1.29, 1.82) is 0 Å². The van der Waals surface area contributed by atoms with E-state index in [-0.39, 0.29) is 0 Å². The lowest BCUT2D eigenvalue weighted by Gasteiger charge is -2.14. The van der Waals surface area contributed by atoms with Gasteiger partial charge in [-0.05, 0) is 35.3 Å². The van der Waals surface area contributed by atoms with Crippen LogP contribution in [-0.4, -0.2) is 32.8 Å². The highest BCUT2D eigenvalue weighted by atomic mass is 32.1. The van der Waals surface area contributed by atoms with Crippen molar-refractivity contribution in [2.24, 2.45) is 0 Å². The summed E-state index contributed by atoms with van der Waals surface area (Å²) in [7, 11) is 6.51. The molecule has 0 fully saturated rings. The van der Waals surface area contributed by atoms with E-state index in [0.717, 1.165) is 27.3 Å². The lowest BCUT2D eigenvalue weighted by molar-refractivity contribution is 0.349. The van der Waals surface area contributed by atoms with Gasteiger partial charge in [-0.2, -0.15) is 4.37 Å². The molecule has 25 heavy (non-hydrogen) atoms. The molecule has 6 heteroatoms. The summed E-state index contributed by atoms with van der Waals surface area (Å²) < 4.78 is 26.0. The molecule has 0 saturated carbocycles. The summed E-state index contributed by atoms with van der Waals surface area (Å²) in [5, 5.41) is 0. The Morgan fingerprint density at radius 1 is 0.720 bits per heavy atom. The maximum Gasteiger partial charge on any atom is 0.164 e.